The van der Waals surface area contributed by atoms with Crippen molar-refractivity contribution in [1.29, 1.82) is 0 Å². The molecular formula is C17H11ClIN3O. The predicted molar refractivity (Wildman–Crippen MR) is 101 cm³/mol. The van der Waals surface area contributed by atoms with Crippen LogP contribution in [0.1, 0.15) is 15.9 Å². The molecule has 0 spiro atoms. The van der Waals surface area contributed by atoms with Crippen LogP contribution < -0.4 is 5.43 Å². The number of hydrogen-bond acceptors (Lipinski definition) is 3. The smallest absolute Gasteiger partial charge is 0.267 e. The van der Waals surface area contributed by atoms with Crippen LogP contribution in [-0.4, -0.2) is 17.1 Å². The van der Waals surface area contributed by atoms with Gasteiger partial charge in [0.15, 0.2) is 0 Å². The number of nitrogens with one attached hydrogen (secondary N) is 1. The highest BCUT2D eigenvalue weighted by Gasteiger charge is 2.08. The van der Waals surface area contributed by atoms with Gasteiger partial charge in [0.2, 0.25) is 0 Å². The summed E-state index contributed by atoms with van der Waals surface area (Å²) in [4.78, 5) is 16.4. The lowest BCUT2D eigenvalue weighted by atomic mass is 10.2. The summed E-state index contributed by atoms with van der Waals surface area (Å²) >= 11 is 8.25. The summed E-state index contributed by atoms with van der Waals surface area (Å²) in [6.45, 7) is 0. The van der Waals surface area contributed by atoms with E-state index in [9.17, 15) is 4.79 Å². The lowest BCUT2D eigenvalue weighted by Crippen LogP contribution is -2.18. The normalized spacial score (nSPS) is 11.0. The third-order valence-electron chi connectivity index (χ3n) is 3.19. The Morgan fingerprint density at radius 1 is 1.17 bits per heavy atom. The highest BCUT2D eigenvalue weighted by Crippen LogP contribution is 2.19. The molecule has 0 aliphatic carbocycles. The molecule has 1 N–H and O–H groups in total. The van der Waals surface area contributed by atoms with E-state index in [0.29, 0.717) is 16.3 Å². The second-order valence-corrected chi connectivity index (χ2v) is 6.26. The zero-order chi connectivity index (χ0) is 16.2. The van der Waals surface area contributed by atoms with Crippen molar-refractivity contribution in [1.82, 2.24) is 10.4 Å². The zero-order valence-corrected chi connectivity index (χ0v) is 14.7. The van der Waals surface area contributed by atoms with Gasteiger partial charge in [-0.25, -0.2) is 10.4 Å². The average Bonchev–Trinajstić information content (AvgIpc) is 2.55. The number of amides is 1. The zero-order valence-electron chi connectivity index (χ0n) is 11.8. The Balaban J connectivity index is 1.79. The van der Waals surface area contributed by atoms with Crippen LogP contribution in [0.15, 0.2) is 59.7 Å². The van der Waals surface area contributed by atoms with Crippen LogP contribution in [0.25, 0.3) is 10.9 Å². The molecule has 0 unspecified atom stereocenters. The van der Waals surface area contributed by atoms with E-state index in [0.717, 1.165) is 14.5 Å². The molecular weight excluding hydrogens is 425 g/mol. The van der Waals surface area contributed by atoms with E-state index < -0.39 is 0 Å². The second-order valence-electron chi connectivity index (χ2n) is 4.74. The van der Waals surface area contributed by atoms with Gasteiger partial charge in [0.05, 0.1) is 17.3 Å². The topological polar surface area (TPSA) is 54.4 Å². The lowest BCUT2D eigenvalue weighted by molar-refractivity contribution is 0.0954. The number of fused-ring (bicyclic) bond motifs is 1. The van der Waals surface area contributed by atoms with E-state index in [2.05, 4.69) is 38.1 Å². The fraction of sp³-hybridized carbons (Fsp3) is 0. The molecule has 4 nitrogen and oxygen atoms in total. The highest BCUT2D eigenvalue weighted by molar-refractivity contribution is 14.1. The summed E-state index contributed by atoms with van der Waals surface area (Å²) in [7, 11) is 0. The Bertz CT molecular complexity index is 911. The molecule has 1 heterocycles. The van der Waals surface area contributed by atoms with Crippen LogP contribution in [-0.2, 0) is 0 Å². The number of carbonyl (C=O) groups excluding carboxylic acids is 1. The minimum Gasteiger partial charge on any atom is -0.267 e. The first-order valence-electron chi connectivity index (χ1n) is 6.78. The van der Waals surface area contributed by atoms with Crippen molar-refractivity contribution in [2.75, 3.05) is 0 Å². The number of rotatable bonds is 3. The molecule has 0 radical (unpaired) electrons. The fourth-order valence-corrected chi connectivity index (χ4v) is 2.89. The summed E-state index contributed by atoms with van der Waals surface area (Å²) in [5, 5.41) is 5.28. The third-order valence-corrected chi connectivity index (χ3v) is 4.44. The first kappa shape index (κ1) is 15.9. The maximum absolute atomic E-state index is 12.1. The fourth-order valence-electron chi connectivity index (χ4n) is 2.07. The Hall–Kier alpha value is -1.99. The van der Waals surface area contributed by atoms with E-state index in [1.54, 1.807) is 6.07 Å². The standard InChI is InChI=1S/C17H11ClIN3O/c18-16-12(9-11-5-1-4-8-15(11)21-16)10-20-22-17(23)13-6-2-3-7-14(13)19/h1-10H,(H,22,23)/b20-10+. The quantitative estimate of drug-likeness (QED) is 0.289. The van der Waals surface area contributed by atoms with Gasteiger partial charge < -0.3 is 0 Å². The molecule has 1 aromatic heterocycles. The van der Waals surface area contributed by atoms with Crippen LogP contribution >= 0.6 is 34.2 Å². The lowest BCUT2D eigenvalue weighted by Gasteiger charge is -2.03. The molecule has 1 amide bonds. The minimum atomic E-state index is -0.267. The van der Waals surface area contributed by atoms with E-state index in [4.69, 9.17) is 11.6 Å². The monoisotopic (exact) mass is 435 g/mol. The molecule has 0 atom stereocenters. The van der Waals surface area contributed by atoms with Gasteiger partial charge in [-0.2, -0.15) is 5.10 Å². The van der Waals surface area contributed by atoms with Crippen LogP contribution in [0.4, 0.5) is 0 Å². The van der Waals surface area contributed by atoms with Crippen LogP contribution in [0.5, 0.6) is 0 Å². The first-order valence-corrected chi connectivity index (χ1v) is 8.24. The molecule has 3 aromatic rings. The molecule has 0 saturated heterocycles. The van der Waals surface area contributed by atoms with Crippen LogP contribution in [0.3, 0.4) is 0 Å². The minimum absolute atomic E-state index is 0.267. The summed E-state index contributed by atoms with van der Waals surface area (Å²) in [6.07, 6.45) is 1.50. The molecule has 0 aliphatic heterocycles. The molecule has 3 rings (SSSR count). The van der Waals surface area contributed by atoms with Crippen LogP contribution in [0, 0.1) is 3.57 Å². The van der Waals surface area contributed by atoms with Gasteiger partial charge in [0.25, 0.3) is 5.91 Å². The Morgan fingerprint density at radius 3 is 2.74 bits per heavy atom. The van der Waals surface area contributed by atoms with Gasteiger partial charge in [0.1, 0.15) is 5.15 Å². The van der Waals surface area contributed by atoms with Gasteiger partial charge in [-0.3, -0.25) is 4.79 Å². The van der Waals surface area contributed by atoms with Crippen molar-refractivity contribution >= 4 is 57.2 Å². The average molecular weight is 436 g/mol. The van der Waals surface area contributed by atoms with E-state index in [1.165, 1.54) is 6.21 Å². The second kappa shape index (κ2) is 7.06. The summed E-state index contributed by atoms with van der Waals surface area (Å²) in [6, 6.07) is 16.8. The maximum atomic E-state index is 12.1. The molecule has 23 heavy (non-hydrogen) atoms. The number of aromatic nitrogens is 1. The number of hydrazone groups is 1. The highest BCUT2D eigenvalue weighted by atomic mass is 127. The molecule has 0 fully saturated rings. The van der Waals surface area contributed by atoms with E-state index >= 15 is 0 Å². The number of halogens is 2. The van der Waals surface area contributed by atoms with Gasteiger partial charge in [-0.15, -0.1) is 0 Å². The van der Waals surface area contributed by atoms with Gasteiger partial charge >= 0.3 is 0 Å². The number of pyridine rings is 1. The molecule has 6 heteroatoms. The number of benzene rings is 2. The Labute approximate surface area is 151 Å². The molecule has 114 valence electrons. The van der Waals surface area contributed by atoms with Crippen LogP contribution in [0.2, 0.25) is 5.15 Å². The first-order chi connectivity index (χ1) is 11.1. The van der Waals surface area contributed by atoms with Crippen molar-refractivity contribution in [3.8, 4) is 0 Å². The molecule has 0 saturated carbocycles. The molecule has 0 bridgehead atoms. The van der Waals surface area contributed by atoms with Gasteiger partial charge in [-0.1, -0.05) is 41.9 Å². The Kier molecular flexibility index (Phi) is 4.88. The van der Waals surface area contributed by atoms with Crippen molar-refractivity contribution in [3.63, 3.8) is 0 Å². The van der Waals surface area contributed by atoms with E-state index in [1.807, 2.05) is 48.5 Å². The summed E-state index contributed by atoms with van der Waals surface area (Å²) < 4.78 is 0.864. The number of hydrogen-bond donors (Lipinski definition) is 1. The third kappa shape index (κ3) is 3.68. The maximum Gasteiger partial charge on any atom is 0.272 e. The SMILES string of the molecule is O=C(N/N=C/c1cc2ccccc2nc1Cl)c1ccccc1I. The van der Waals surface area contributed by atoms with Crippen molar-refractivity contribution < 1.29 is 4.79 Å². The Morgan fingerprint density at radius 2 is 1.91 bits per heavy atom. The van der Waals surface area contributed by atoms with Crippen molar-refractivity contribution in [2.24, 2.45) is 5.10 Å². The number of nitrogens with zero attached hydrogens (tertiary/aromatic N) is 2. The summed E-state index contributed by atoms with van der Waals surface area (Å²) in [5.41, 5.74) is 4.54. The van der Waals surface area contributed by atoms with E-state index in [-0.39, 0.29) is 5.91 Å². The predicted octanol–water partition coefficient (Wildman–Crippen LogP) is 4.26. The summed E-state index contributed by atoms with van der Waals surface area (Å²) in [5.74, 6) is -0.267. The number of para-hydroxylation sites is 1. The van der Waals surface area contributed by atoms with Gasteiger partial charge in [0, 0.05) is 14.5 Å². The largest absolute Gasteiger partial charge is 0.272 e. The molecule has 2 aromatic carbocycles. The van der Waals surface area contributed by atoms with Crippen molar-refractivity contribution in [2.45, 2.75) is 0 Å². The molecule has 0 aliphatic rings. The number of carbonyl (C=O) groups is 1. The van der Waals surface area contributed by atoms with Crippen molar-refractivity contribution in [3.05, 3.63) is 74.4 Å². The van der Waals surface area contributed by atoms with Gasteiger partial charge in [-0.05, 0) is 46.9 Å².